The molecule has 0 atom stereocenters. The molecule has 86 valence electrons. The molecule has 2 aromatic rings. The topological polar surface area (TPSA) is 47.7 Å². The predicted octanol–water partition coefficient (Wildman–Crippen LogP) is 3.62. The molecule has 0 unspecified atom stereocenters. The van der Waals surface area contributed by atoms with Crippen LogP contribution in [-0.4, -0.2) is 12.0 Å². The third-order valence-corrected chi connectivity index (χ3v) is 2.26. The maximum atomic E-state index is 11.7. The standard InChI is InChI=1S/C13H12N2O2/c1-17-13-9-7-12(8-10-13)15(16)14-11-5-3-2-4-6-11/h2-10H,1H3/b15-14-. The van der Waals surface area contributed by atoms with Crippen molar-refractivity contribution >= 4 is 11.4 Å². The molecular formula is C13H12N2O2. The van der Waals surface area contributed by atoms with E-state index < -0.39 is 0 Å². The van der Waals surface area contributed by atoms with Crippen molar-refractivity contribution < 1.29 is 9.60 Å². The van der Waals surface area contributed by atoms with Crippen molar-refractivity contribution in [2.24, 2.45) is 5.11 Å². The number of azo groups is 1. The molecule has 0 saturated heterocycles. The van der Waals surface area contributed by atoms with Crippen LogP contribution in [-0.2, 0) is 0 Å². The number of hydrogen-bond donors (Lipinski definition) is 0. The smallest absolute Gasteiger partial charge is 0.245 e. The molecule has 0 aliphatic rings. The summed E-state index contributed by atoms with van der Waals surface area (Å²) in [5, 5.41) is 15.6. The summed E-state index contributed by atoms with van der Waals surface area (Å²) < 4.78 is 5.02. The molecule has 0 aliphatic heterocycles. The first-order valence-corrected chi connectivity index (χ1v) is 5.17. The number of methoxy groups -OCH3 is 1. The lowest BCUT2D eigenvalue weighted by molar-refractivity contribution is -0.435. The first kappa shape index (κ1) is 11.1. The molecule has 0 fully saturated rings. The number of rotatable bonds is 3. The minimum absolute atomic E-state index is 0.467. The van der Waals surface area contributed by atoms with Gasteiger partial charge in [0, 0.05) is 17.2 Å². The molecule has 0 saturated carbocycles. The van der Waals surface area contributed by atoms with Crippen molar-refractivity contribution in [2.45, 2.75) is 0 Å². The SMILES string of the molecule is COc1ccc(/[N+]([O-])=N/c2ccccc2)cc1. The first-order chi connectivity index (χ1) is 8.29. The molecule has 4 heteroatoms. The van der Waals surface area contributed by atoms with Crippen LogP contribution in [0.2, 0.25) is 0 Å². The molecule has 0 spiro atoms. The van der Waals surface area contributed by atoms with Gasteiger partial charge < -0.3 is 9.94 Å². The third kappa shape index (κ3) is 2.81. The van der Waals surface area contributed by atoms with Gasteiger partial charge >= 0.3 is 0 Å². The Bertz CT molecular complexity index is 507. The van der Waals surface area contributed by atoms with E-state index in [1.54, 1.807) is 43.5 Å². The van der Waals surface area contributed by atoms with Crippen LogP contribution in [0, 0.1) is 5.21 Å². The van der Waals surface area contributed by atoms with E-state index in [0.717, 1.165) is 0 Å². The average molecular weight is 228 g/mol. The van der Waals surface area contributed by atoms with Crippen molar-refractivity contribution in [3.8, 4) is 5.75 Å². The Morgan fingerprint density at radius 3 is 2.24 bits per heavy atom. The second kappa shape index (κ2) is 5.12. The fourth-order valence-corrected chi connectivity index (χ4v) is 1.37. The minimum atomic E-state index is 0.467. The van der Waals surface area contributed by atoms with Crippen LogP contribution in [0.1, 0.15) is 0 Å². The van der Waals surface area contributed by atoms with Gasteiger partial charge in [0.1, 0.15) is 11.4 Å². The summed E-state index contributed by atoms with van der Waals surface area (Å²) in [5.41, 5.74) is 1.09. The summed E-state index contributed by atoms with van der Waals surface area (Å²) in [6.07, 6.45) is 0. The van der Waals surface area contributed by atoms with Gasteiger partial charge in [0.25, 0.3) is 0 Å². The Morgan fingerprint density at radius 2 is 1.65 bits per heavy atom. The minimum Gasteiger partial charge on any atom is -0.594 e. The predicted molar refractivity (Wildman–Crippen MR) is 64.8 cm³/mol. The van der Waals surface area contributed by atoms with Crippen molar-refractivity contribution in [1.82, 2.24) is 0 Å². The zero-order valence-corrected chi connectivity index (χ0v) is 9.41. The van der Waals surface area contributed by atoms with Gasteiger partial charge in [0.15, 0.2) is 0 Å². The second-order valence-corrected chi connectivity index (χ2v) is 3.41. The van der Waals surface area contributed by atoms with Crippen LogP contribution >= 0.6 is 0 Å². The van der Waals surface area contributed by atoms with E-state index in [4.69, 9.17) is 4.74 Å². The van der Waals surface area contributed by atoms with E-state index in [2.05, 4.69) is 5.11 Å². The molecule has 2 rings (SSSR count). The van der Waals surface area contributed by atoms with Crippen LogP contribution in [0.4, 0.5) is 11.4 Å². The van der Waals surface area contributed by atoms with E-state index >= 15 is 0 Å². The Morgan fingerprint density at radius 1 is 1.00 bits per heavy atom. The molecule has 0 radical (unpaired) electrons. The molecule has 0 bridgehead atoms. The third-order valence-electron chi connectivity index (χ3n) is 2.26. The fraction of sp³-hybridized carbons (Fsp3) is 0.0769. The Hall–Kier alpha value is -2.36. The molecule has 0 aromatic heterocycles. The van der Waals surface area contributed by atoms with E-state index in [-0.39, 0.29) is 0 Å². The number of hydrogen-bond acceptors (Lipinski definition) is 3. The highest BCUT2D eigenvalue weighted by atomic mass is 16.5. The van der Waals surface area contributed by atoms with E-state index in [0.29, 0.717) is 22.0 Å². The van der Waals surface area contributed by atoms with Crippen LogP contribution in [0.15, 0.2) is 59.7 Å². The molecule has 0 amide bonds. The zero-order valence-electron chi connectivity index (χ0n) is 9.41. The van der Waals surface area contributed by atoms with Gasteiger partial charge in [0.05, 0.1) is 7.11 Å². The summed E-state index contributed by atoms with van der Waals surface area (Å²) in [6, 6.07) is 15.9. The van der Waals surface area contributed by atoms with Crippen LogP contribution in [0.5, 0.6) is 5.75 Å². The van der Waals surface area contributed by atoms with E-state index in [1.807, 2.05) is 18.2 Å². The summed E-state index contributed by atoms with van der Waals surface area (Å²) in [5.74, 6) is 0.710. The Balaban J connectivity index is 2.24. The highest BCUT2D eigenvalue weighted by molar-refractivity contribution is 5.37. The lowest BCUT2D eigenvalue weighted by Crippen LogP contribution is -1.90. The fourth-order valence-electron chi connectivity index (χ4n) is 1.37. The van der Waals surface area contributed by atoms with Crippen LogP contribution in [0.3, 0.4) is 0 Å². The number of ether oxygens (including phenoxy) is 1. The molecule has 0 aliphatic carbocycles. The zero-order chi connectivity index (χ0) is 12.1. The summed E-state index contributed by atoms with van der Waals surface area (Å²) in [7, 11) is 1.58. The summed E-state index contributed by atoms with van der Waals surface area (Å²) >= 11 is 0. The van der Waals surface area contributed by atoms with E-state index in [1.165, 1.54) is 0 Å². The van der Waals surface area contributed by atoms with Crippen molar-refractivity contribution in [3.63, 3.8) is 0 Å². The normalized spacial score (nSPS) is 11.2. The maximum absolute atomic E-state index is 11.7. The van der Waals surface area contributed by atoms with E-state index in [9.17, 15) is 5.21 Å². The highest BCUT2D eigenvalue weighted by Gasteiger charge is 2.03. The molecule has 0 heterocycles. The van der Waals surface area contributed by atoms with Gasteiger partial charge in [-0.05, 0) is 24.3 Å². The Labute approximate surface area is 99.4 Å². The van der Waals surface area contributed by atoms with Gasteiger partial charge in [-0.3, -0.25) is 0 Å². The summed E-state index contributed by atoms with van der Waals surface area (Å²) in [4.78, 5) is 0.592. The lowest BCUT2D eigenvalue weighted by atomic mass is 10.3. The second-order valence-electron chi connectivity index (χ2n) is 3.41. The van der Waals surface area contributed by atoms with Crippen LogP contribution < -0.4 is 4.74 Å². The number of benzene rings is 2. The van der Waals surface area contributed by atoms with Crippen molar-refractivity contribution in [1.29, 1.82) is 0 Å². The number of nitrogens with zero attached hydrogens (tertiary/aromatic N) is 2. The van der Waals surface area contributed by atoms with Gasteiger partial charge in [-0.2, -0.15) is 0 Å². The quantitative estimate of drug-likeness (QED) is 0.457. The Kier molecular flexibility index (Phi) is 3.35. The molecule has 2 aromatic carbocycles. The molecule has 17 heavy (non-hydrogen) atoms. The highest BCUT2D eigenvalue weighted by Crippen LogP contribution is 2.20. The van der Waals surface area contributed by atoms with Gasteiger partial charge in [-0.25, -0.2) is 0 Å². The average Bonchev–Trinajstić information content (AvgIpc) is 2.40. The van der Waals surface area contributed by atoms with Gasteiger partial charge in [0.2, 0.25) is 5.69 Å². The summed E-state index contributed by atoms with van der Waals surface area (Å²) in [6.45, 7) is 0. The molecule has 4 nitrogen and oxygen atoms in total. The maximum Gasteiger partial charge on any atom is 0.245 e. The lowest BCUT2D eigenvalue weighted by Gasteiger charge is -2.01. The molecular weight excluding hydrogens is 216 g/mol. The monoisotopic (exact) mass is 228 g/mol. The first-order valence-electron chi connectivity index (χ1n) is 5.17. The molecule has 0 N–H and O–H groups in total. The van der Waals surface area contributed by atoms with Crippen molar-refractivity contribution in [3.05, 3.63) is 59.8 Å². The van der Waals surface area contributed by atoms with Crippen LogP contribution in [0.25, 0.3) is 0 Å². The van der Waals surface area contributed by atoms with Crippen molar-refractivity contribution in [2.75, 3.05) is 7.11 Å². The van der Waals surface area contributed by atoms with Gasteiger partial charge in [-0.1, -0.05) is 23.1 Å². The van der Waals surface area contributed by atoms with Gasteiger partial charge in [-0.15, -0.1) is 0 Å². The largest absolute Gasteiger partial charge is 0.594 e.